The molecule has 1 aliphatic rings. The van der Waals surface area contributed by atoms with Gasteiger partial charge in [0.05, 0.1) is 24.7 Å². The first-order valence-electron chi connectivity index (χ1n) is 8.90. The molecule has 2 rings (SSSR count). The van der Waals surface area contributed by atoms with Gasteiger partial charge in [0.15, 0.2) is 0 Å². The number of nitrogens with zero attached hydrogens (tertiary/aromatic N) is 1. The number of likely N-dealkylation sites (N-methyl/N-ethyl adjacent to an activating group) is 1. The summed E-state index contributed by atoms with van der Waals surface area (Å²) >= 11 is 0. The molecule has 1 aromatic carbocycles. The van der Waals surface area contributed by atoms with Crippen molar-refractivity contribution in [1.82, 2.24) is 0 Å². The highest BCUT2D eigenvalue weighted by Crippen LogP contribution is 2.17. The molecule has 7 nitrogen and oxygen atoms in total. The van der Waals surface area contributed by atoms with E-state index in [0.29, 0.717) is 12.6 Å². The number of hydrogen-bond donors (Lipinski definition) is 0. The summed E-state index contributed by atoms with van der Waals surface area (Å²) in [6.45, 7) is 14.6. The van der Waals surface area contributed by atoms with Crippen molar-refractivity contribution in [2.75, 3.05) is 39.5 Å². The highest BCUT2D eigenvalue weighted by atomic mass is 32.2. The minimum absolute atomic E-state index is 0.178. The summed E-state index contributed by atoms with van der Waals surface area (Å²) in [5.74, 6) is -0.339. The minimum atomic E-state index is -4.27. The highest BCUT2D eigenvalue weighted by Gasteiger charge is 2.34. The van der Waals surface area contributed by atoms with E-state index in [2.05, 4.69) is 20.4 Å². The third-order valence-corrected chi connectivity index (χ3v) is 5.72. The van der Waals surface area contributed by atoms with E-state index in [4.69, 9.17) is 9.47 Å². The maximum atomic E-state index is 11.0. The molecule has 152 valence electrons. The number of esters is 1. The van der Waals surface area contributed by atoms with E-state index in [0.717, 1.165) is 42.9 Å². The molecule has 1 unspecified atom stereocenters. The summed E-state index contributed by atoms with van der Waals surface area (Å²) in [6.07, 6.45) is 1.21. The van der Waals surface area contributed by atoms with Gasteiger partial charge in [-0.2, -0.15) is 0 Å². The lowest BCUT2D eigenvalue weighted by Crippen LogP contribution is -2.61. The van der Waals surface area contributed by atoms with Crippen LogP contribution in [0.1, 0.15) is 19.4 Å². The Hall–Kier alpha value is -1.74. The third kappa shape index (κ3) is 7.42. The molecule has 8 heteroatoms. The van der Waals surface area contributed by atoms with Gasteiger partial charge >= 0.3 is 5.97 Å². The van der Waals surface area contributed by atoms with Crippen LogP contribution >= 0.6 is 0 Å². The monoisotopic (exact) mass is 399 g/mol. The van der Waals surface area contributed by atoms with Crippen molar-refractivity contribution in [1.29, 1.82) is 0 Å². The molecule has 0 N–H and O–H groups in total. The molecule has 1 heterocycles. The predicted octanol–water partition coefficient (Wildman–Crippen LogP) is 1.87. The van der Waals surface area contributed by atoms with E-state index in [1.165, 1.54) is 18.2 Å². The minimum Gasteiger partial charge on any atom is -0.744 e. The highest BCUT2D eigenvalue weighted by molar-refractivity contribution is 7.85. The van der Waals surface area contributed by atoms with E-state index < -0.39 is 10.1 Å². The number of rotatable bonds is 6. The first kappa shape index (κ1) is 23.3. The van der Waals surface area contributed by atoms with E-state index in [9.17, 15) is 17.8 Å². The fourth-order valence-corrected chi connectivity index (χ4v) is 3.37. The number of benzene rings is 1. The number of quaternary nitrogens is 1. The first-order chi connectivity index (χ1) is 12.6. The second kappa shape index (κ2) is 10.6. The van der Waals surface area contributed by atoms with Gasteiger partial charge in [-0.3, -0.25) is 0 Å². The molecule has 0 spiro atoms. The van der Waals surface area contributed by atoms with Crippen molar-refractivity contribution in [2.45, 2.75) is 31.7 Å². The van der Waals surface area contributed by atoms with Crippen molar-refractivity contribution in [2.24, 2.45) is 0 Å². The lowest BCUT2D eigenvalue weighted by atomic mass is 10.2. The van der Waals surface area contributed by atoms with Crippen LogP contribution in [0.2, 0.25) is 0 Å². The molecule has 0 amide bonds. The molecule has 1 fully saturated rings. The van der Waals surface area contributed by atoms with E-state index in [-0.39, 0.29) is 10.9 Å². The van der Waals surface area contributed by atoms with Crippen molar-refractivity contribution in [3.05, 3.63) is 42.5 Å². The fourth-order valence-electron chi connectivity index (χ4n) is 2.90. The van der Waals surface area contributed by atoms with Gasteiger partial charge < -0.3 is 18.5 Å². The van der Waals surface area contributed by atoms with Gasteiger partial charge in [0.25, 0.3) is 0 Å². The van der Waals surface area contributed by atoms with Gasteiger partial charge in [0.1, 0.15) is 35.9 Å². The number of carbonyl (C=O) groups excluding carboxylic acids is 1. The van der Waals surface area contributed by atoms with Crippen LogP contribution in [0.3, 0.4) is 0 Å². The van der Waals surface area contributed by atoms with Crippen molar-refractivity contribution < 1.29 is 31.7 Å². The molecule has 1 saturated heterocycles. The Morgan fingerprint density at radius 1 is 1.33 bits per heavy atom. The zero-order chi connectivity index (χ0) is 20.5. The lowest BCUT2D eigenvalue weighted by Gasteiger charge is -2.44. The van der Waals surface area contributed by atoms with Crippen LogP contribution in [0.25, 0.3) is 0 Å². The maximum absolute atomic E-state index is 11.0. The zero-order valence-corrected chi connectivity index (χ0v) is 17.0. The average molecular weight is 400 g/mol. The Morgan fingerprint density at radius 3 is 2.33 bits per heavy atom. The summed E-state index contributed by atoms with van der Waals surface area (Å²) in [5.41, 5.74) is 0.928. The Balaban J connectivity index is 0.000000289. The third-order valence-electron chi connectivity index (χ3n) is 4.87. The van der Waals surface area contributed by atoms with E-state index in [1.807, 2.05) is 6.92 Å². The fraction of sp³-hybridized carbons (Fsp3) is 0.526. The molecule has 0 radical (unpaired) electrons. The number of morpholine rings is 1. The molecule has 0 aromatic heterocycles. The van der Waals surface area contributed by atoms with Crippen LogP contribution in [0.5, 0.6) is 0 Å². The number of carbonyl (C=O) groups is 1. The van der Waals surface area contributed by atoms with Gasteiger partial charge in [-0.25, -0.2) is 13.2 Å². The number of aryl methyl sites for hydroxylation is 1. The molecule has 0 aliphatic carbocycles. The normalized spacial score (nSPS) is 17.2. The first-order valence-corrected chi connectivity index (χ1v) is 10.3. The van der Waals surface area contributed by atoms with Crippen LogP contribution < -0.4 is 0 Å². The van der Waals surface area contributed by atoms with Crippen LogP contribution in [0, 0.1) is 6.92 Å². The van der Waals surface area contributed by atoms with Crippen LogP contribution in [-0.2, 0) is 24.4 Å². The topological polar surface area (TPSA) is 92.7 Å². The summed E-state index contributed by atoms with van der Waals surface area (Å²) in [4.78, 5) is 10.8. The van der Waals surface area contributed by atoms with E-state index >= 15 is 0 Å². The van der Waals surface area contributed by atoms with Crippen LogP contribution in [-0.4, -0.2) is 68.9 Å². The molecule has 1 aliphatic heterocycles. The SMILES string of the molecule is C=CC(=O)OCC(C)[N+]1(CC)CCOCC1.Cc1ccc(S(=O)(=O)[O-])cc1. The maximum Gasteiger partial charge on any atom is 0.330 e. The Labute approximate surface area is 161 Å². The Kier molecular flexibility index (Phi) is 9.11. The molecule has 0 saturated carbocycles. The standard InChI is InChI=1S/C12H22NO3.C7H8O3S/c1-4-12(14)16-10-11(3)13(5-2)6-8-15-9-7-13;1-6-2-4-7(5-3-6)11(8,9)10/h4,11H,1,5-10H2,2-3H3;2-5H,1H3,(H,8,9,10)/q+1;/p-1. The Morgan fingerprint density at radius 2 is 1.89 bits per heavy atom. The summed E-state index contributed by atoms with van der Waals surface area (Å²) in [6, 6.07) is 6.10. The number of ether oxygens (including phenoxy) is 2. The zero-order valence-electron chi connectivity index (χ0n) is 16.2. The molecule has 1 aromatic rings. The lowest BCUT2D eigenvalue weighted by molar-refractivity contribution is -0.954. The Bertz CT molecular complexity index is 708. The quantitative estimate of drug-likeness (QED) is 0.314. The van der Waals surface area contributed by atoms with Gasteiger partial charge in [0, 0.05) is 6.08 Å². The van der Waals surface area contributed by atoms with Gasteiger partial charge in [-0.15, -0.1) is 0 Å². The summed E-state index contributed by atoms with van der Waals surface area (Å²) in [7, 11) is -4.27. The predicted molar refractivity (Wildman–Crippen MR) is 101 cm³/mol. The molecule has 1 atom stereocenters. The second-order valence-electron chi connectivity index (χ2n) is 6.54. The average Bonchev–Trinajstić information content (AvgIpc) is 2.66. The van der Waals surface area contributed by atoms with Gasteiger partial charge in [0.2, 0.25) is 0 Å². The summed E-state index contributed by atoms with van der Waals surface area (Å²) < 4.78 is 42.6. The smallest absolute Gasteiger partial charge is 0.330 e. The number of hydrogen-bond acceptors (Lipinski definition) is 6. The van der Waals surface area contributed by atoms with E-state index in [1.54, 1.807) is 12.1 Å². The van der Waals surface area contributed by atoms with Gasteiger partial charge in [-0.1, -0.05) is 24.3 Å². The van der Waals surface area contributed by atoms with Crippen LogP contribution in [0.15, 0.2) is 41.8 Å². The molecular weight excluding hydrogens is 370 g/mol. The largest absolute Gasteiger partial charge is 0.744 e. The molecular formula is C19H29NO6S. The second-order valence-corrected chi connectivity index (χ2v) is 7.92. The van der Waals surface area contributed by atoms with Crippen molar-refractivity contribution >= 4 is 16.1 Å². The molecule has 0 bridgehead atoms. The van der Waals surface area contributed by atoms with Crippen molar-refractivity contribution in [3.63, 3.8) is 0 Å². The van der Waals surface area contributed by atoms with Gasteiger partial charge in [-0.05, 0) is 32.9 Å². The van der Waals surface area contributed by atoms with Crippen LogP contribution in [0.4, 0.5) is 0 Å². The molecule has 27 heavy (non-hydrogen) atoms. The summed E-state index contributed by atoms with van der Waals surface area (Å²) in [5, 5.41) is 0. The van der Waals surface area contributed by atoms with Crippen molar-refractivity contribution in [3.8, 4) is 0 Å².